The minimum atomic E-state index is 0.707. The molecule has 0 saturated heterocycles. The highest BCUT2D eigenvalue weighted by molar-refractivity contribution is 5.59. The van der Waals surface area contributed by atoms with E-state index in [9.17, 15) is 0 Å². The van der Waals surface area contributed by atoms with Gasteiger partial charge in [-0.05, 0) is 61.9 Å². The van der Waals surface area contributed by atoms with Gasteiger partial charge < -0.3 is 4.74 Å². The minimum Gasteiger partial charge on any atom is -0.488 e. The van der Waals surface area contributed by atoms with Crippen LogP contribution < -0.4 is 9.30 Å². The third-order valence-electron chi connectivity index (χ3n) is 4.06. The number of aromatic nitrogens is 1. The highest BCUT2D eigenvalue weighted by Gasteiger charge is 2.15. The van der Waals surface area contributed by atoms with Gasteiger partial charge in [-0.25, -0.2) is 0 Å². The molecule has 0 radical (unpaired) electrons. The molecule has 1 aromatic carbocycles. The summed E-state index contributed by atoms with van der Waals surface area (Å²) in [5, 5.41) is 0. The molecule has 0 atom stereocenters. The zero-order chi connectivity index (χ0) is 13.9. The fourth-order valence-electron chi connectivity index (χ4n) is 3.03. The summed E-state index contributed by atoms with van der Waals surface area (Å²) >= 11 is 0. The summed E-state index contributed by atoms with van der Waals surface area (Å²) in [5.41, 5.74) is 5.61. The summed E-state index contributed by atoms with van der Waals surface area (Å²) in [7, 11) is 2.08. The zero-order valence-corrected chi connectivity index (χ0v) is 12.4. The maximum atomic E-state index is 5.55. The number of fused-ring (bicyclic) bond motifs is 1. The van der Waals surface area contributed by atoms with E-state index in [-0.39, 0.29) is 0 Å². The Kier molecular flexibility index (Phi) is 3.72. The zero-order valence-electron chi connectivity index (χ0n) is 12.4. The fourth-order valence-corrected chi connectivity index (χ4v) is 3.03. The number of nitrogens with zero attached hydrogens (tertiary/aromatic N) is 1. The molecule has 3 rings (SSSR count). The second-order valence-electron chi connectivity index (χ2n) is 5.48. The molecule has 2 heteroatoms. The number of aryl methyl sites for hydroxylation is 3. The van der Waals surface area contributed by atoms with Crippen LogP contribution in [-0.2, 0) is 19.9 Å². The number of hydrogen-bond acceptors (Lipinski definition) is 1. The van der Waals surface area contributed by atoms with Crippen molar-refractivity contribution < 1.29 is 9.30 Å². The molecule has 1 aliphatic carbocycles. The predicted molar refractivity (Wildman–Crippen MR) is 80.9 cm³/mol. The first-order valence-electron chi connectivity index (χ1n) is 7.52. The Morgan fingerprint density at radius 2 is 1.85 bits per heavy atom. The molecule has 0 spiro atoms. The Morgan fingerprint density at radius 1 is 1.05 bits per heavy atom. The molecule has 0 aliphatic heterocycles. The second kappa shape index (κ2) is 5.66. The van der Waals surface area contributed by atoms with Crippen molar-refractivity contribution >= 4 is 0 Å². The highest BCUT2D eigenvalue weighted by atomic mass is 16.5. The van der Waals surface area contributed by atoms with Crippen LogP contribution in [0.3, 0.4) is 0 Å². The van der Waals surface area contributed by atoms with E-state index in [2.05, 4.69) is 48.1 Å². The molecule has 0 amide bonds. The molecule has 0 fully saturated rings. The lowest BCUT2D eigenvalue weighted by Gasteiger charge is -2.16. The first-order chi connectivity index (χ1) is 9.78. The van der Waals surface area contributed by atoms with E-state index in [1.165, 1.54) is 48.1 Å². The van der Waals surface area contributed by atoms with Crippen molar-refractivity contribution in [3.63, 3.8) is 0 Å². The van der Waals surface area contributed by atoms with E-state index in [0.717, 1.165) is 5.75 Å². The van der Waals surface area contributed by atoms with Crippen molar-refractivity contribution in [3.05, 3.63) is 47.7 Å². The lowest BCUT2D eigenvalue weighted by atomic mass is 9.90. The topological polar surface area (TPSA) is 13.1 Å². The molecular weight excluding hydrogens is 246 g/mol. The lowest BCUT2D eigenvalue weighted by Crippen LogP contribution is -2.30. The normalized spacial score (nSPS) is 13.9. The molecular formula is C18H22NO+. The number of ether oxygens (including phenoxy) is 1. The number of benzene rings is 1. The summed E-state index contributed by atoms with van der Waals surface area (Å²) in [6.07, 6.45) is 7.18. The average Bonchev–Trinajstić information content (AvgIpc) is 2.47. The molecule has 0 unspecified atom stereocenters. The van der Waals surface area contributed by atoms with Crippen molar-refractivity contribution in [1.82, 2.24) is 0 Å². The van der Waals surface area contributed by atoms with Crippen molar-refractivity contribution in [3.8, 4) is 17.0 Å². The van der Waals surface area contributed by atoms with Crippen LogP contribution >= 0.6 is 0 Å². The van der Waals surface area contributed by atoms with Crippen LogP contribution in [0.25, 0.3) is 11.3 Å². The predicted octanol–water partition coefficient (Wildman–Crippen LogP) is 3.46. The van der Waals surface area contributed by atoms with Crippen molar-refractivity contribution in [2.45, 2.75) is 32.6 Å². The summed E-state index contributed by atoms with van der Waals surface area (Å²) < 4.78 is 7.70. The van der Waals surface area contributed by atoms with Gasteiger partial charge in [0.2, 0.25) is 11.9 Å². The molecule has 1 heterocycles. The molecule has 20 heavy (non-hydrogen) atoms. The Balaban J connectivity index is 1.96. The highest BCUT2D eigenvalue weighted by Crippen LogP contribution is 2.26. The van der Waals surface area contributed by atoms with Gasteiger partial charge in [0.05, 0.1) is 6.61 Å². The summed E-state index contributed by atoms with van der Waals surface area (Å²) in [5.74, 6) is 0.928. The number of hydrogen-bond donors (Lipinski definition) is 0. The van der Waals surface area contributed by atoms with Gasteiger partial charge in [-0.1, -0.05) is 6.07 Å². The quantitative estimate of drug-likeness (QED) is 0.777. The molecule has 2 nitrogen and oxygen atoms in total. The molecule has 2 aromatic rings. The summed E-state index contributed by atoms with van der Waals surface area (Å²) in [6.45, 7) is 2.72. The van der Waals surface area contributed by atoms with Crippen LogP contribution in [0.1, 0.15) is 30.9 Å². The van der Waals surface area contributed by atoms with Gasteiger partial charge in [0.1, 0.15) is 7.05 Å². The van der Waals surface area contributed by atoms with Crippen LogP contribution in [0.2, 0.25) is 0 Å². The van der Waals surface area contributed by atoms with Crippen LogP contribution in [0, 0.1) is 0 Å². The molecule has 1 aliphatic rings. The van der Waals surface area contributed by atoms with Gasteiger partial charge >= 0.3 is 0 Å². The lowest BCUT2D eigenvalue weighted by molar-refractivity contribution is -0.660. The van der Waals surface area contributed by atoms with Gasteiger partial charge in [-0.3, -0.25) is 0 Å². The van der Waals surface area contributed by atoms with Gasteiger partial charge in [-0.2, -0.15) is 4.57 Å². The van der Waals surface area contributed by atoms with E-state index in [1.807, 2.05) is 6.92 Å². The third-order valence-corrected chi connectivity index (χ3v) is 4.06. The smallest absolute Gasteiger partial charge is 0.212 e. The molecule has 0 N–H and O–H groups in total. The Morgan fingerprint density at radius 3 is 2.60 bits per heavy atom. The SMILES string of the molecule is CCOc1ccc(-c2ccc3c(c2)CCCC3)[n+](C)c1. The summed E-state index contributed by atoms with van der Waals surface area (Å²) in [4.78, 5) is 0. The first kappa shape index (κ1) is 13.2. The summed E-state index contributed by atoms with van der Waals surface area (Å²) in [6, 6.07) is 11.1. The first-order valence-corrected chi connectivity index (χ1v) is 7.52. The van der Waals surface area contributed by atoms with Gasteiger partial charge in [0, 0.05) is 11.6 Å². The van der Waals surface area contributed by atoms with E-state index < -0.39 is 0 Å². The third kappa shape index (κ3) is 2.55. The van der Waals surface area contributed by atoms with Crippen LogP contribution in [-0.4, -0.2) is 6.61 Å². The van der Waals surface area contributed by atoms with Crippen LogP contribution in [0.4, 0.5) is 0 Å². The average molecular weight is 268 g/mol. The standard InChI is InChI=1S/C18H22NO/c1-3-20-17-10-11-18(19(2)13-17)16-9-8-14-6-4-5-7-15(14)12-16/h8-13H,3-7H2,1-2H3/q+1. The van der Waals surface area contributed by atoms with Crippen molar-refractivity contribution in [2.24, 2.45) is 7.05 Å². The van der Waals surface area contributed by atoms with Crippen LogP contribution in [0.5, 0.6) is 5.75 Å². The maximum absolute atomic E-state index is 5.55. The van der Waals surface area contributed by atoms with E-state index in [1.54, 1.807) is 0 Å². The minimum absolute atomic E-state index is 0.707. The Labute approximate surface area is 121 Å². The molecule has 0 saturated carbocycles. The van der Waals surface area contributed by atoms with Gasteiger partial charge in [0.15, 0.2) is 5.75 Å². The molecule has 0 bridgehead atoms. The number of rotatable bonds is 3. The second-order valence-corrected chi connectivity index (χ2v) is 5.48. The van der Waals surface area contributed by atoms with Crippen molar-refractivity contribution in [2.75, 3.05) is 6.61 Å². The Bertz CT molecular complexity index is 619. The van der Waals surface area contributed by atoms with E-state index in [0.29, 0.717) is 6.61 Å². The monoisotopic (exact) mass is 268 g/mol. The fraction of sp³-hybridized carbons (Fsp3) is 0.389. The number of pyridine rings is 1. The molecule has 1 aromatic heterocycles. The maximum Gasteiger partial charge on any atom is 0.212 e. The van der Waals surface area contributed by atoms with Crippen molar-refractivity contribution in [1.29, 1.82) is 0 Å². The van der Waals surface area contributed by atoms with Gasteiger partial charge in [-0.15, -0.1) is 0 Å². The van der Waals surface area contributed by atoms with Gasteiger partial charge in [0.25, 0.3) is 0 Å². The largest absolute Gasteiger partial charge is 0.488 e. The molecule has 104 valence electrons. The van der Waals surface area contributed by atoms with E-state index in [4.69, 9.17) is 4.74 Å². The van der Waals surface area contributed by atoms with Crippen LogP contribution in [0.15, 0.2) is 36.5 Å². The van der Waals surface area contributed by atoms with E-state index >= 15 is 0 Å². The Hall–Kier alpha value is -1.83.